The minimum absolute atomic E-state index is 0.0402. The lowest BCUT2D eigenvalue weighted by Crippen LogP contribution is -2.54. The Bertz CT molecular complexity index is 2130. The predicted octanol–water partition coefficient (Wildman–Crippen LogP) is 10.9. The minimum Gasteiger partial charge on any atom is -0.444 e. The van der Waals surface area contributed by atoms with E-state index in [0.717, 1.165) is 22.3 Å². The molecule has 0 aromatic heterocycles. The molecule has 2 amide bonds. The zero-order valence-corrected chi connectivity index (χ0v) is 40.2. The van der Waals surface area contributed by atoms with Crippen LogP contribution in [0.3, 0.4) is 0 Å². The molecule has 4 unspecified atom stereocenters. The second kappa shape index (κ2) is 29.3. The topological polar surface area (TPSA) is 212 Å². The highest BCUT2D eigenvalue weighted by Crippen LogP contribution is 2.33. The molecule has 18 heteroatoms. The summed E-state index contributed by atoms with van der Waals surface area (Å²) in [4.78, 5) is 34.8. The van der Waals surface area contributed by atoms with Gasteiger partial charge in [-0.3, -0.25) is 9.80 Å². The lowest BCUT2D eigenvalue weighted by atomic mass is 9.90. The lowest BCUT2D eigenvalue weighted by Gasteiger charge is -2.43. The fourth-order valence-corrected chi connectivity index (χ4v) is 7.67. The van der Waals surface area contributed by atoms with Gasteiger partial charge in [0.2, 0.25) is 0 Å². The van der Waals surface area contributed by atoms with Crippen molar-refractivity contribution in [1.29, 1.82) is 0 Å². The van der Waals surface area contributed by atoms with E-state index in [1.54, 1.807) is 12.2 Å². The molecule has 0 spiro atoms. The molecular weight excluding hydrogens is 897 g/mol. The van der Waals surface area contributed by atoms with Crippen LogP contribution in [0.1, 0.15) is 49.9 Å². The van der Waals surface area contributed by atoms with Crippen LogP contribution in [-0.2, 0) is 64.2 Å². The number of rotatable bonds is 22. The first-order valence-corrected chi connectivity index (χ1v) is 23.1. The number of hydrogen-bond acceptors (Lipinski definition) is 12. The first kappa shape index (κ1) is 54.2. The van der Waals surface area contributed by atoms with Crippen LogP contribution in [0.15, 0.2) is 157 Å². The fraction of sp³-hybridized carbons (Fsp3) is 0.423. The van der Waals surface area contributed by atoms with Crippen molar-refractivity contribution >= 4 is 12.2 Å². The molecule has 2 aliphatic heterocycles. The highest BCUT2D eigenvalue weighted by molar-refractivity contribution is 5.68. The number of hydrogen-bond donors (Lipinski definition) is 0. The van der Waals surface area contributed by atoms with E-state index in [2.05, 4.69) is 33.2 Å². The van der Waals surface area contributed by atoms with Gasteiger partial charge in [0.25, 0.3) is 0 Å². The number of ether oxygens (including phenoxy) is 8. The molecule has 10 atom stereocenters. The average molecular weight is 961 g/mol. The molecule has 2 heterocycles. The summed E-state index contributed by atoms with van der Waals surface area (Å²) in [5.41, 5.74) is 21.9. The smallest absolute Gasteiger partial charge is 0.412 e. The molecule has 4 aromatic rings. The summed E-state index contributed by atoms with van der Waals surface area (Å²) in [6, 6.07) is 36.5. The summed E-state index contributed by atoms with van der Waals surface area (Å²) >= 11 is 0. The van der Waals surface area contributed by atoms with Crippen molar-refractivity contribution in [1.82, 2.24) is 9.80 Å². The van der Waals surface area contributed by atoms with E-state index in [9.17, 15) is 9.59 Å². The van der Waals surface area contributed by atoms with Gasteiger partial charge in [0.1, 0.15) is 38.8 Å². The Labute approximate surface area is 409 Å². The van der Waals surface area contributed by atoms with Crippen LogP contribution in [-0.4, -0.2) is 97.7 Å². The van der Waals surface area contributed by atoms with Crippen molar-refractivity contribution < 1.29 is 47.5 Å². The van der Waals surface area contributed by atoms with Gasteiger partial charge in [-0.15, -0.1) is 13.2 Å². The van der Waals surface area contributed by atoms with Crippen LogP contribution in [0.4, 0.5) is 9.59 Å². The molecule has 18 nitrogen and oxygen atoms in total. The Morgan fingerprint density at radius 2 is 0.886 bits per heavy atom. The quantitative estimate of drug-likeness (QED) is 0.0239. The van der Waals surface area contributed by atoms with Crippen LogP contribution >= 0.6 is 0 Å². The van der Waals surface area contributed by atoms with Gasteiger partial charge in [0.15, 0.2) is 12.6 Å². The number of carbonyl (C=O) groups excluding carboxylic acids is 2. The second-order valence-corrected chi connectivity index (χ2v) is 16.7. The molecular formula is C52H64N8O10. The largest absolute Gasteiger partial charge is 0.444 e. The molecule has 372 valence electrons. The molecule has 70 heavy (non-hydrogen) atoms. The van der Waals surface area contributed by atoms with Crippen LogP contribution < -0.4 is 0 Å². The number of nitrogens with zero attached hydrogens (tertiary/aromatic N) is 8. The van der Waals surface area contributed by atoms with Crippen LogP contribution in [0.2, 0.25) is 0 Å². The summed E-state index contributed by atoms with van der Waals surface area (Å²) in [5.74, 6) is -0.0804. The number of benzene rings is 4. The minimum atomic E-state index is -0.896. The van der Waals surface area contributed by atoms with E-state index >= 15 is 0 Å². The van der Waals surface area contributed by atoms with Crippen LogP contribution in [0, 0.1) is 11.8 Å². The molecule has 2 saturated heterocycles. The fourth-order valence-electron chi connectivity index (χ4n) is 7.67. The summed E-state index contributed by atoms with van der Waals surface area (Å²) in [7, 11) is 0. The van der Waals surface area contributed by atoms with E-state index in [-0.39, 0.29) is 63.8 Å². The van der Waals surface area contributed by atoms with Gasteiger partial charge < -0.3 is 37.9 Å². The highest BCUT2D eigenvalue weighted by Gasteiger charge is 2.45. The third-order valence-electron chi connectivity index (χ3n) is 11.8. The summed E-state index contributed by atoms with van der Waals surface area (Å²) < 4.78 is 46.9. The standard InChI is InChI=1S/2C26H32N4O5/c2*1-4-15-32-24-19(2)20(3)35-25(23(24)28-29-27)34-18-30(16-21-11-7-5-8-12-21)26(31)33-17-22-13-9-6-10-14-22/h2*4-14,19-20,23-25H,1,15-18H2,2-3H3/t2*19-,20?,23?,24+,25-/m11/s1. The maximum Gasteiger partial charge on any atom is 0.412 e. The van der Waals surface area contributed by atoms with Crippen molar-refractivity contribution in [3.63, 3.8) is 0 Å². The van der Waals surface area contributed by atoms with Gasteiger partial charge in [0, 0.05) is 21.7 Å². The summed E-state index contributed by atoms with van der Waals surface area (Å²) in [6.45, 7) is 16.3. The van der Waals surface area contributed by atoms with Crippen molar-refractivity contribution in [2.45, 2.75) is 103 Å². The highest BCUT2D eigenvalue weighted by atomic mass is 16.7. The average Bonchev–Trinajstić information content (AvgIpc) is 3.38. The molecule has 0 bridgehead atoms. The third kappa shape index (κ3) is 16.8. The molecule has 0 radical (unpaired) electrons. The summed E-state index contributed by atoms with van der Waals surface area (Å²) in [5, 5.41) is 7.81. The van der Waals surface area contributed by atoms with E-state index < -0.39 is 49.1 Å². The number of carbonyl (C=O) groups is 2. The van der Waals surface area contributed by atoms with Gasteiger partial charge >= 0.3 is 12.2 Å². The van der Waals surface area contributed by atoms with Crippen molar-refractivity contribution in [3.05, 3.63) is 190 Å². The van der Waals surface area contributed by atoms with Gasteiger partial charge in [-0.1, -0.05) is 158 Å². The van der Waals surface area contributed by atoms with Crippen molar-refractivity contribution in [3.8, 4) is 0 Å². The van der Waals surface area contributed by atoms with Crippen LogP contribution in [0.25, 0.3) is 20.9 Å². The van der Waals surface area contributed by atoms with Gasteiger partial charge in [0.05, 0.1) is 50.7 Å². The lowest BCUT2D eigenvalue weighted by molar-refractivity contribution is -0.254. The monoisotopic (exact) mass is 960 g/mol. The van der Waals surface area contributed by atoms with Gasteiger partial charge in [-0.05, 0) is 47.2 Å². The molecule has 6 rings (SSSR count). The molecule has 4 aromatic carbocycles. The summed E-state index contributed by atoms with van der Waals surface area (Å²) in [6.07, 6.45) is -0.861. The molecule has 0 N–H and O–H groups in total. The van der Waals surface area contributed by atoms with Crippen molar-refractivity contribution in [2.24, 2.45) is 22.1 Å². The molecule has 0 aliphatic carbocycles. The Kier molecular flexibility index (Phi) is 22.7. The first-order valence-electron chi connectivity index (χ1n) is 23.1. The Hall–Kier alpha value is -6.72. The van der Waals surface area contributed by atoms with E-state index in [1.807, 2.05) is 149 Å². The number of azide groups is 2. The Morgan fingerprint density at radius 1 is 0.557 bits per heavy atom. The molecule has 2 aliphatic rings. The SMILES string of the molecule is C=CCO[C@@H]1C(N=[N+]=[N-])[C@H](OCN(Cc2ccccc2)C(=O)OCc2ccccc2)OC(C)[C@H]1C.C=CCO[C@@H]1C(N=[N+]=[N-])[C@H](OCN(Cc2ccccc2)C(=O)OCc2ccccc2)OC(C)[C@H]1C. The van der Waals surface area contributed by atoms with Crippen LogP contribution in [0.5, 0.6) is 0 Å². The van der Waals surface area contributed by atoms with E-state index in [1.165, 1.54) is 9.80 Å². The van der Waals surface area contributed by atoms with Gasteiger partial charge in [-0.25, -0.2) is 9.59 Å². The molecule has 2 fully saturated rings. The van der Waals surface area contributed by atoms with Crippen molar-refractivity contribution in [2.75, 3.05) is 26.7 Å². The van der Waals surface area contributed by atoms with Gasteiger partial charge in [-0.2, -0.15) is 0 Å². The van der Waals surface area contributed by atoms with E-state index in [4.69, 9.17) is 49.0 Å². The number of amides is 2. The maximum absolute atomic E-state index is 13.0. The third-order valence-corrected chi connectivity index (χ3v) is 11.8. The Balaban J connectivity index is 0.000000261. The first-order chi connectivity index (χ1) is 34.1. The zero-order chi connectivity index (χ0) is 50.1. The second-order valence-electron chi connectivity index (χ2n) is 16.7. The zero-order valence-electron chi connectivity index (χ0n) is 40.2. The normalized spacial score (nSPS) is 23.7. The van der Waals surface area contributed by atoms with E-state index in [0.29, 0.717) is 13.2 Å². The molecule has 0 saturated carbocycles. The maximum atomic E-state index is 13.0. The Morgan fingerprint density at radius 3 is 1.20 bits per heavy atom. The predicted molar refractivity (Wildman–Crippen MR) is 262 cm³/mol.